The van der Waals surface area contributed by atoms with Crippen LogP contribution in [0.4, 0.5) is 0 Å². The van der Waals surface area contributed by atoms with Crippen molar-refractivity contribution in [2.45, 2.75) is 26.2 Å². The van der Waals surface area contributed by atoms with E-state index in [0.717, 1.165) is 24.9 Å². The molecule has 0 radical (unpaired) electrons. The molecule has 0 saturated carbocycles. The first-order chi connectivity index (χ1) is 7.94. The van der Waals surface area contributed by atoms with Gasteiger partial charge in [0, 0.05) is 14.7 Å². The lowest BCUT2D eigenvalue weighted by Gasteiger charge is -2.12. The van der Waals surface area contributed by atoms with E-state index in [1.165, 1.54) is 0 Å². The van der Waals surface area contributed by atoms with Gasteiger partial charge in [0.15, 0.2) is 0 Å². The first-order valence-electron chi connectivity index (χ1n) is 5.07. The molecule has 0 bridgehead atoms. The molecule has 0 fully saturated rings. The van der Waals surface area contributed by atoms with Gasteiger partial charge in [0.25, 0.3) is 0 Å². The van der Waals surface area contributed by atoms with Gasteiger partial charge in [0.05, 0.1) is 22.1 Å². The molecule has 0 aromatic carbocycles. The van der Waals surface area contributed by atoms with E-state index in [1.807, 2.05) is 26.2 Å². The van der Waals surface area contributed by atoms with E-state index in [4.69, 9.17) is 0 Å². The molecule has 0 atom stereocenters. The molecular formula is C12H11BrN2S2. The van der Waals surface area contributed by atoms with E-state index in [0.29, 0.717) is 0 Å². The van der Waals surface area contributed by atoms with Crippen LogP contribution in [0.3, 0.4) is 0 Å². The normalized spacial score (nSPS) is 11.5. The predicted molar refractivity (Wildman–Crippen MR) is 76.5 cm³/mol. The Kier molecular flexibility index (Phi) is 3.39. The molecular weight excluding hydrogens is 316 g/mol. The van der Waals surface area contributed by atoms with Crippen LogP contribution in [0.2, 0.25) is 0 Å². The Morgan fingerprint density at radius 1 is 1.47 bits per heavy atom. The smallest absolute Gasteiger partial charge is 0.133 e. The minimum atomic E-state index is -0.464. The molecule has 0 N–H and O–H groups in total. The summed E-state index contributed by atoms with van der Waals surface area (Å²) in [7, 11) is 0. The fourth-order valence-electron chi connectivity index (χ4n) is 1.56. The molecule has 0 amide bonds. The topological polar surface area (TPSA) is 36.7 Å². The Balaban J connectivity index is 2.48. The third-order valence-corrected chi connectivity index (χ3v) is 5.76. The van der Waals surface area contributed by atoms with Crippen LogP contribution in [0.25, 0.3) is 9.88 Å². The molecule has 2 rings (SSSR count). The van der Waals surface area contributed by atoms with Gasteiger partial charge in [-0.3, -0.25) is 0 Å². The number of hydrogen-bond donors (Lipinski definition) is 0. The van der Waals surface area contributed by atoms with Gasteiger partial charge in [0.2, 0.25) is 0 Å². The summed E-state index contributed by atoms with van der Waals surface area (Å²) in [6.07, 6.45) is 0. The molecule has 2 nitrogen and oxygen atoms in total. The van der Waals surface area contributed by atoms with Gasteiger partial charge in [-0.15, -0.1) is 22.7 Å². The van der Waals surface area contributed by atoms with Crippen molar-refractivity contribution in [3.05, 3.63) is 26.5 Å². The second-order valence-electron chi connectivity index (χ2n) is 4.30. The number of halogens is 1. The molecule has 0 aliphatic heterocycles. The zero-order valence-electron chi connectivity index (χ0n) is 9.74. The Bertz CT molecular complexity index is 590. The number of thiophene rings is 1. The average Bonchev–Trinajstić information content (AvgIpc) is 2.85. The molecule has 0 aliphatic rings. The zero-order chi connectivity index (χ0) is 12.6. The SMILES string of the molecule is Cc1nc(-c2cc(Br)cs2)sc1C(C)(C)C#N. The molecule has 5 heteroatoms. The number of hydrogen-bond acceptors (Lipinski definition) is 4. The van der Waals surface area contributed by atoms with Crippen molar-refractivity contribution < 1.29 is 0 Å². The number of aromatic nitrogens is 1. The first-order valence-corrected chi connectivity index (χ1v) is 7.56. The van der Waals surface area contributed by atoms with E-state index < -0.39 is 5.41 Å². The lowest BCUT2D eigenvalue weighted by atomic mass is 9.93. The van der Waals surface area contributed by atoms with Crippen molar-refractivity contribution in [3.8, 4) is 16.0 Å². The Morgan fingerprint density at radius 2 is 2.18 bits per heavy atom. The number of nitriles is 1. The van der Waals surface area contributed by atoms with E-state index in [2.05, 4.69) is 33.0 Å². The van der Waals surface area contributed by atoms with E-state index >= 15 is 0 Å². The van der Waals surface area contributed by atoms with Crippen molar-refractivity contribution in [3.63, 3.8) is 0 Å². The fourth-order valence-corrected chi connectivity index (χ4v) is 4.17. The second-order valence-corrected chi connectivity index (χ2v) is 7.13. The van der Waals surface area contributed by atoms with Crippen LogP contribution in [0.15, 0.2) is 15.9 Å². The second kappa shape index (κ2) is 4.52. The summed E-state index contributed by atoms with van der Waals surface area (Å²) in [4.78, 5) is 6.76. The molecule has 0 spiro atoms. The quantitative estimate of drug-likeness (QED) is 0.798. The number of rotatable bonds is 2. The summed E-state index contributed by atoms with van der Waals surface area (Å²) in [5.41, 5.74) is 0.496. The minimum Gasteiger partial charge on any atom is -0.240 e. The van der Waals surface area contributed by atoms with E-state index in [9.17, 15) is 5.26 Å². The predicted octanol–water partition coefficient (Wildman–Crippen LogP) is 4.74. The van der Waals surface area contributed by atoms with Gasteiger partial charge in [-0.2, -0.15) is 5.26 Å². The minimum absolute atomic E-state index is 0.464. The molecule has 0 saturated heterocycles. The highest BCUT2D eigenvalue weighted by atomic mass is 79.9. The maximum Gasteiger partial charge on any atom is 0.133 e. The number of nitrogens with zero attached hydrogens (tertiary/aromatic N) is 2. The van der Waals surface area contributed by atoms with Gasteiger partial charge < -0.3 is 0 Å². The molecule has 88 valence electrons. The highest BCUT2D eigenvalue weighted by Crippen LogP contribution is 2.38. The third kappa shape index (κ3) is 2.44. The van der Waals surface area contributed by atoms with Crippen LogP contribution < -0.4 is 0 Å². The summed E-state index contributed by atoms with van der Waals surface area (Å²) < 4.78 is 1.08. The molecule has 2 aromatic heterocycles. The highest BCUT2D eigenvalue weighted by molar-refractivity contribution is 9.10. The number of aryl methyl sites for hydroxylation is 1. The fraction of sp³-hybridized carbons (Fsp3) is 0.333. The van der Waals surface area contributed by atoms with Gasteiger partial charge in [-0.1, -0.05) is 0 Å². The van der Waals surface area contributed by atoms with Gasteiger partial charge >= 0.3 is 0 Å². The Hall–Kier alpha value is -0.700. The van der Waals surface area contributed by atoms with Crippen LogP contribution in [0, 0.1) is 18.3 Å². The maximum atomic E-state index is 9.18. The lowest BCUT2D eigenvalue weighted by Crippen LogP contribution is -2.13. The monoisotopic (exact) mass is 326 g/mol. The van der Waals surface area contributed by atoms with Crippen LogP contribution in [0.5, 0.6) is 0 Å². The zero-order valence-corrected chi connectivity index (χ0v) is 13.0. The maximum absolute atomic E-state index is 9.18. The molecule has 2 aromatic rings. The van der Waals surface area contributed by atoms with Crippen molar-refractivity contribution in [2.24, 2.45) is 0 Å². The van der Waals surface area contributed by atoms with Crippen LogP contribution in [-0.4, -0.2) is 4.98 Å². The standard InChI is InChI=1S/C12H11BrN2S2/c1-7-10(12(2,3)6-14)17-11(15-7)9-4-8(13)5-16-9/h4-5H,1-3H3. The third-order valence-electron chi connectivity index (χ3n) is 2.42. The van der Waals surface area contributed by atoms with Crippen molar-refractivity contribution in [1.29, 1.82) is 5.26 Å². The van der Waals surface area contributed by atoms with Gasteiger partial charge in [0.1, 0.15) is 5.01 Å². The van der Waals surface area contributed by atoms with E-state index in [1.54, 1.807) is 22.7 Å². The largest absolute Gasteiger partial charge is 0.240 e. The van der Waals surface area contributed by atoms with Crippen LogP contribution >= 0.6 is 38.6 Å². The summed E-state index contributed by atoms with van der Waals surface area (Å²) in [5, 5.41) is 12.2. The first kappa shape index (κ1) is 12.7. The number of thiazole rings is 1. The van der Waals surface area contributed by atoms with Crippen molar-refractivity contribution >= 4 is 38.6 Å². The summed E-state index contributed by atoms with van der Waals surface area (Å²) in [5.74, 6) is 0. The lowest BCUT2D eigenvalue weighted by molar-refractivity contribution is 0.695. The van der Waals surface area contributed by atoms with Crippen molar-refractivity contribution in [1.82, 2.24) is 4.98 Å². The summed E-state index contributed by atoms with van der Waals surface area (Å²) in [6.45, 7) is 5.83. The molecule has 17 heavy (non-hydrogen) atoms. The van der Waals surface area contributed by atoms with E-state index in [-0.39, 0.29) is 0 Å². The summed E-state index contributed by atoms with van der Waals surface area (Å²) in [6, 6.07) is 4.39. The van der Waals surface area contributed by atoms with Crippen molar-refractivity contribution in [2.75, 3.05) is 0 Å². The Morgan fingerprint density at radius 3 is 2.71 bits per heavy atom. The van der Waals surface area contributed by atoms with Gasteiger partial charge in [-0.05, 0) is 42.8 Å². The van der Waals surface area contributed by atoms with Gasteiger partial charge in [-0.25, -0.2) is 4.98 Å². The average molecular weight is 327 g/mol. The highest BCUT2D eigenvalue weighted by Gasteiger charge is 2.26. The van der Waals surface area contributed by atoms with Crippen LogP contribution in [0.1, 0.15) is 24.4 Å². The molecule has 0 aliphatic carbocycles. The molecule has 2 heterocycles. The molecule has 0 unspecified atom stereocenters. The summed E-state index contributed by atoms with van der Waals surface area (Å²) >= 11 is 6.72. The van der Waals surface area contributed by atoms with Crippen LogP contribution in [-0.2, 0) is 5.41 Å². The Labute approximate surface area is 117 Å².